The summed E-state index contributed by atoms with van der Waals surface area (Å²) < 4.78 is 17.2. The van der Waals surface area contributed by atoms with E-state index in [4.69, 9.17) is 5.26 Å². The summed E-state index contributed by atoms with van der Waals surface area (Å²) in [5.41, 5.74) is 2.21. The standard InChI is InChI=1S/C12H11FN4O3/c1-2-20-12(19)15-11(18)10(7-14)17-16-9-5-3-8(13)4-6-9/h3-6,16H,2H2,1H3,(H,15,18,19)/b17-10-. The van der Waals surface area contributed by atoms with Crippen LogP contribution < -0.4 is 10.7 Å². The molecule has 1 rings (SSSR count). The van der Waals surface area contributed by atoms with E-state index in [9.17, 15) is 14.0 Å². The van der Waals surface area contributed by atoms with Gasteiger partial charge in [0.25, 0.3) is 5.91 Å². The zero-order chi connectivity index (χ0) is 15.0. The van der Waals surface area contributed by atoms with E-state index in [2.05, 4.69) is 15.3 Å². The summed E-state index contributed by atoms with van der Waals surface area (Å²) in [6.45, 7) is 1.66. The third kappa shape index (κ3) is 4.73. The fraction of sp³-hybridized carbons (Fsp3) is 0.167. The van der Waals surface area contributed by atoms with E-state index >= 15 is 0 Å². The molecule has 0 unspecified atom stereocenters. The van der Waals surface area contributed by atoms with Crippen LogP contribution in [0.2, 0.25) is 0 Å². The number of nitriles is 1. The van der Waals surface area contributed by atoms with E-state index in [1.807, 2.05) is 5.32 Å². The quantitative estimate of drug-likeness (QED) is 0.639. The number of carbonyl (C=O) groups is 2. The summed E-state index contributed by atoms with van der Waals surface area (Å²) in [6, 6.07) is 6.63. The zero-order valence-electron chi connectivity index (χ0n) is 10.5. The predicted octanol–water partition coefficient (Wildman–Crippen LogP) is 1.39. The Bertz CT molecular complexity index is 563. The second kappa shape index (κ2) is 7.48. The topological polar surface area (TPSA) is 104 Å². The van der Waals surface area contributed by atoms with Crippen molar-refractivity contribution in [1.82, 2.24) is 5.32 Å². The molecule has 0 heterocycles. The Labute approximate surface area is 114 Å². The van der Waals surface area contributed by atoms with E-state index in [1.54, 1.807) is 6.92 Å². The van der Waals surface area contributed by atoms with Crippen molar-refractivity contribution in [2.45, 2.75) is 6.92 Å². The molecule has 104 valence electrons. The van der Waals surface area contributed by atoms with Crippen LogP contribution in [-0.2, 0) is 9.53 Å². The van der Waals surface area contributed by atoms with Gasteiger partial charge >= 0.3 is 6.09 Å². The summed E-state index contributed by atoms with van der Waals surface area (Å²) in [6.07, 6.45) is -0.970. The van der Waals surface area contributed by atoms with Crippen molar-refractivity contribution < 1.29 is 18.7 Å². The number of nitrogens with zero attached hydrogens (tertiary/aromatic N) is 2. The number of benzene rings is 1. The van der Waals surface area contributed by atoms with E-state index in [-0.39, 0.29) is 6.61 Å². The van der Waals surface area contributed by atoms with Gasteiger partial charge in [0.2, 0.25) is 5.71 Å². The Balaban J connectivity index is 2.68. The average molecular weight is 278 g/mol. The Morgan fingerprint density at radius 3 is 2.60 bits per heavy atom. The van der Waals surface area contributed by atoms with E-state index in [0.29, 0.717) is 5.69 Å². The maximum atomic E-state index is 12.7. The molecule has 0 saturated heterocycles. The molecule has 0 bridgehead atoms. The van der Waals surface area contributed by atoms with Gasteiger partial charge < -0.3 is 4.74 Å². The number of nitrogens with one attached hydrogen (secondary N) is 2. The second-order valence-corrected chi connectivity index (χ2v) is 3.37. The summed E-state index contributed by atoms with van der Waals surface area (Å²) in [5.74, 6) is -1.43. The number of alkyl carbamates (subject to hydrolysis) is 1. The van der Waals surface area contributed by atoms with Crippen LogP contribution in [0.5, 0.6) is 0 Å². The van der Waals surface area contributed by atoms with Gasteiger partial charge in [-0.15, -0.1) is 0 Å². The second-order valence-electron chi connectivity index (χ2n) is 3.37. The van der Waals surface area contributed by atoms with Crippen LogP contribution in [0.4, 0.5) is 14.9 Å². The van der Waals surface area contributed by atoms with E-state index in [1.165, 1.54) is 30.3 Å². The first-order chi connectivity index (χ1) is 9.56. The minimum absolute atomic E-state index is 0.0893. The number of hydrogen-bond acceptors (Lipinski definition) is 6. The van der Waals surface area contributed by atoms with Crippen molar-refractivity contribution in [3.8, 4) is 6.07 Å². The summed E-state index contributed by atoms with van der Waals surface area (Å²) in [5, 5.41) is 14.1. The molecule has 2 amide bonds. The highest BCUT2D eigenvalue weighted by Crippen LogP contribution is 2.07. The van der Waals surface area contributed by atoms with Crippen molar-refractivity contribution in [3.05, 3.63) is 30.1 Å². The maximum absolute atomic E-state index is 12.7. The fourth-order valence-electron chi connectivity index (χ4n) is 1.09. The molecule has 0 saturated carbocycles. The predicted molar refractivity (Wildman–Crippen MR) is 68.2 cm³/mol. The van der Waals surface area contributed by atoms with Crippen LogP contribution in [0.3, 0.4) is 0 Å². The van der Waals surface area contributed by atoms with Crippen LogP contribution >= 0.6 is 0 Å². The van der Waals surface area contributed by atoms with Crippen LogP contribution in [0, 0.1) is 17.1 Å². The smallest absolute Gasteiger partial charge is 0.414 e. The number of imide groups is 1. The van der Waals surface area contributed by atoms with Crippen LogP contribution in [-0.4, -0.2) is 24.3 Å². The molecule has 1 aromatic rings. The first-order valence-corrected chi connectivity index (χ1v) is 5.54. The number of amides is 2. The molecule has 0 aliphatic rings. The summed E-state index contributed by atoms with van der Waals surface area (Å²) in [7, 11) is 0. The van der Waals surface area contributed by atoms with Crippen molar-refractivity contribution >= 4 is 23.4 Å². The average Bonchev–Trinajstić information content (AvgIpc) is 2.41. The number of rotatable bonds is 4. The van der Waals surface area contributed by atoms with Gasteiger partial charge in [-0.2, -0.15) is 10.4 Å². The van der Waals surface area contributed by atoms with E-state index in [0.717, 1.165) is 0 Å². The molecule has 0 radical (unpaired) electrons. The Hall–Kier alpha value is -2.95. The summed E-state index contributed by atoms with van der Waals surface area (Å²) in [4.78, 5) is 22.5. The third-order valence-electron chi connectivity index (χ3n) is 1.95. The maximum Gasteiger partial charge on any atom is 0.414 e. The number of hydrogen-bond donors (Lipinski definition) is 2. The number of carbonyl (C=O) groups excluding carboxylic acids is 2. The van der Waals surface area contributed by atoms with Gasteiger partial charge in [0, 0.05) is 0 Å². The lowest BCUT2D eigenvalue weighted by molar-refractivity contribution is -0.114. The van der Waals surface area contributed by atoms with Crippen molar-refractivity contribution in [2.75, 3.05) is 12.0 Å². The van der Waals surface area contributed by atoms with Gasteiger partial charge in [-0.05, 0) is 31.2 Å². The minimum Gasteiger partial charge on any atom is -0.450 e. The highest BCUT2D eigenvalue weighted by molar-refractivity contribution is 6.46. The molecule has 20 heavy (non-hydrogen) atoms. The normalized spacial score (nSPS) is 10.3. The highest BCUT2D eigenvalue weighted by atomic mass is 19.1. The van der Waals surface area contributed by atoms with Gasteiger partial charge in [0.15, 0.2) is 0 Å². The molecule has 0 aliphatic carbocycles. The SMILES string of the molecule is CCOC(=O)NC(=O)/C(C#N)=N\Nc1ccc(F)cc1. The third-order valence-corrected chi connectivity index (χ3v) is 1.95. The van der Waals surface area contributed by atoms with Gasteiger partial charge in [-0.1, -0.05) is 0 Å². The van der Waals surface area contributed by atoms with Crippen LogP contribution in [0.15, 0.2) is 29.4 Å². The minimum atomic E-state index is -0.999. The monoisotopic (exact) mass is 278 g/mol. The molecule has 2 N–H and O–H groups in total. The number of hydrazone groups is 1. The molecule has 0 aromatic heterocycles. The number of ether oxygens (including phenoxy) is 1. The van der Waals surface area contributed by atoms with Gasteiger partial charge in [-0.25, -0.2) is 9.18 Å². The molecule has 0 atom stereocenters. The molecule has 0 spiro atoms. The lowest BCUT2D eigenvalue weighted by Gasteiger charge is -2.03. The molecular formula is C12H11FN4O3. The molecule has 0 aliphatic heterocycles. The van der Waals surface area contributed by atoms with Gasteiger partial charge in [-0.3, -0.25) is 15.5 Å². The van der Waals surface area contributed by atoms with Crippen LogP contribution in [0.1, 0.15) is 6.92 Å². The van der Waals surface area contributed by atoms with Crippen molar-refractivity contribution in [3.63, 3.8) is 0 Å². The number of anilines is 1. The summed E-state index contributed by atoms with van der Waals surface area (Å²) >= 11 is 0. The molecular weight excluding hydrogens is 267 g/mol. The molecule has 0 fully saturated rings. The molecule has 7 nitrogen and oxygen atoms in total. The fourth-order valence-corrected chi connectivity index (χ4v) is 1.09. The lowest BCUT2D eigenvalue weighted by atomic mass is 10.3. The van der Waals surface area contributed by atoms with Crippen molar-refractivity contribution in [2.24, 2.45) is 5.10 Å². The highest BCUT2D eigenvalue weighted by Gasteiger charge is 2.15. The lowest BCUT2D eigenvalue weighted by Crippen LogP contribution is -2.36. The Kier molecular flexibility index (Phi) is 5.65. The Morgan fingerprint density at radius 2 is 2.05 bits per heavy atom. The number of halogens is 1. The first kappa shape index (κ1) is 15.1. The van der Waals surface area contributed by atoms with Gasteiger partial charge in [0.1, 0.15) is 11.9 Å². The zero-order valence-corrected chi connectivity index (χ0v) is 10.5. The van der Waals surface area contributed by atoms with E-state index < -0.39 is 23.5 Å². The van der Waals surface area contributed by atoms with Gasteiger partial charge in [0.05, 0.1) is 12.3 Å². The van der Waals surface area contributed by atoms with Crippen molar-refractivity contribution in [1.29, 1.82) is 5.26 Å². The first-order valence-electron chi connectivity index (χ1n) is 5.54. The Morgan fingerprint density at radius 1 is 1.40 bits per heavy atom. The van der Waals surface area contributed by atoms with Crippen LogP contribution in [0.25, 0.3) is 0 Å². The largest absolute Gasteiger partial charge is 0.450 e. The molecule has 8 heteroatoms. The molecule has 1 aromatic carbocycles.